The zero-order valence-electron chi connectivity index (χ0n) is 10.8. The van der Waals surface area contributed by atoms with Gasteiger partial charge in [0.2, 0.25) is 5.91 Å². The van der Waals surface area contributed by atoms with Gasteiger partial charge in [-0.15, -0.1) is 0 Å². The Morgan fingerprint density at radius 2 is 2.05 bits per heavy atom. The van der Waals surface area contributed by atoms with E-state index in [0.29, 0.717) is 5.82 Å². The van der Waals surface area contributed by atoms with Crippen molar-refractivity contribution >= 4 is 17.6 Å². The number of hydrogen-bond donors (Lipinski definition) is 1. The third-order valence-electron chi connectivity index (χ3n) is 3.82. The number of rotatable bonds is 2. The molecule has 6 nitrogen and oxygen atoms in total. The lowest BCUT2D eigenvalue weighted by Gasteiger charge is -2.19. The lowest BCUT2D eigenvalue weighted by atomic mass is 9.96. The second-order valence-corrected chi connectivity index (χ2v) is 5.05. The van der Waals surface area contributed by atoms with Crippen molar-refractivity contribution in [2.75, 3.05) is 12.4 Å². The smallest absolute Gasteiger partial charge is 0.251 e. The highest BCUT2D eigenvalue weighted by Gasteiger charge is 2.36. The molecule has 19 heavy (non-hydrogen) atoms. The molecule has 0 radical (unpaired) electrons. The van der Waals surface area contributed by atoms with Crippen molar-refractivity contribution in [1.82, 2.24) is 14.9 Å². The maximum absolute atomic E-state index is 11.9. The number of likely N-dealkylation sites (tertiary alicyclic amines) is 1. The average Bonchev–Trinajstić information content (AvgIpc) is 2.67. The molecular weight excluding hydrogens is 244 g/mol. The van der Waals surface area contributed by atoms with E-state index in [4.69, 9.17) is 0 Å². The van der Waals surface area contributed by atoms with E-state index in [2.05, 4.69) is 15.3 Å². The fourth-order valence-corrected chi connectivity index (χ4v) is 2.68. The molecule has 1 atom stereocenters. The highest BCUT2D eigenvalue weighted by molar-refractivity contribution is 6.06. The van der Waals surface area contributed by atoms with Gasteiger partial charge in [-0.25, -0.2) is 9.97 Å². The number of nitrogens with one attached hydrogen (secondary N) is 1. The van der Waals surface area contributed by atoms with Crippen molar-refractivity contribution in [3.63, 3.8) is 0 Å². The second-order valence-electron chi connectivity index (χ2n) is 5.05. The molecule has 1 unspecified atom stereocenters. The third-order valence-corrected chi connectivity index (χ3v) is 3.82. The van der Waals surface area contributed by atoms with Gasteiger partial charge >= 0.3 is 0 Å². The summed E-state index contributed by atoms with van der Waals surface area (Å²) in [4.78, 5) is 33.1. The molecule has 3 rings (SSSR count). The van der Waals surface area contributed by atoms with Crippen molar-refractivity contribution in [2.24, 2.45) is 0 Å². The van der Waals surface area contributed by atoms with Crippen LogP contribution in [-0.4, -0.2) is 39.8 Å². The van der Waals surface area contributed by atoms with Gasteiger partial charge in [0.05, 0.1) is 6.42 Å². The fourth-order valence-electron chi connectivity index (χ4n) is 2.68. The summed E-state index contributed by atoms with van der Waals surface area (Å²) >= 11 is 0. The molecule has 2 heterocycles. The van der Waals surface area contributed by atoms with Gasteiger partial charge in [0.25, 0.3) is 5.91 Å². The number of hydrogen-bond acceptors (Lipinski definition) is 5. The van der Waals surface area contributed by atoms with Gasteiger partial charge in [0.15, 0.2) is 0 Å². The number of nitrogens with zero attached hydrogens (tertiary/aromatic N) is 3. The predicted molar refractivity (Wildman–Crippen MR) is 68.5 cm³/mol. The number of anilines is 1. The lowest BCUT2D eigenvalue weighted by Crippen LogP contribution is -2.32. The van der Waals surface area contributed by atoms with E-state index >= 15 is 0 Å². The molecule has 2 aliphatic rings. The van der Waals surface area contributed by atoms with Gasteiger partial charge in [-0.3, -0.25) is 14.5 Å². The standard InChI is InChI=1S/C13H16N4O2/c1-17-11(18)6-10(13(17)19)16-12-8-4-2-3-5-9(8)14-7-15-12/h7,10H,2-6H2,1H3,(H,14,15,16). The van der Waals surface area contributed by atoms with E-state index in [0.717, 1.165) is 36.9 Å². The molecule has 6 heteroatoms. The molecular formula is C13H16N4O2. The minimum absolute atomic E-state index is 0.148. The van der Waals surface area contributed by atoms with E-state index in [9.17, 15) is 9.59 Å². The predicted octanol–water partition coefficient (Wildman–Crippen LogP) is 0.525. The SMILES string of the molecule is CN1C(=O)CC(Nc2ncnc3c2CCCC3)C1=O. The maximum atomic E-state index is 11.9. The number of carbonyl (C=O) groups is 2. The lowest BCUT2D eigenvalue weighted by molar-refractivity contribution is -0.136. The van der Waals surface area contributed by atoms with Crippen LogP contribution in [0.5, 0.6) is 0 Å². The summed E-state index contributed by atoms with van der Waals surface area (Å²) in [5.74, 6) is 0.379. The molecule has 1 fully saturated rings. The Labute approximate surface area is 111 Å². The highest BCUT2D eigenvalue weighted by atomic mass is 16.2. The summed E-state index contributed by atoms with van der Waals surface area (Å²) in [7, 11) is 1.52. The molecule has 0 saturated carbocycles. The Kier molecular flexibility index (Phi) is 2.93. The molecule has 1 aromatic rings. The van der Waals surface area contributed by atoms with Gasteiger partial charge in [-0.1, -0.05) is 0 Å². The highest BCUT2D eigenvalue weighted by Crippen LogP contribution is 2.26. The van der Waals surface area contributed by atoms with Gasteiger partial charge in [0.1, 0.15) is 18.2 Å². The molecule has 2 amide bonds. The Morgan fingerprint density at radius 3 is 2.79 bits per heavy atom. The van der Waals surface area contributed by atoms with Crippen molar-refractivity contribution in [3.8, 4) is 0 Å². The summed E-state index contributed by atoms with van der Waals surface area (Å²) in [6.07, 6.45) is 5.89. The maximum Gasteiger partial charge on any atom is 0.251 e. The summed E-state index contributed by atoms with van der Waals surface area (Å²) in [6.45, 7) is 0. The summed E-state index contributed by atoms with van der Waals surface area (Å²) in [6, 6.07) is -0.488. The molecule has 0 spiro atoms. The average molecular weight is 260 g/mol. The summed E-state index contributed by atoms with van der Waals surface area (Å²) in [5, 5.41) is 3.12. The zero-order valence-corrected chi connectivity index (χ0v) is 10.8. The van der Waals surface area contributed by atoms with Crippen molar-refractivity contribution in [2.45, 2.75) is 38.1 Å². The van der Waals surface area contributed by atoms with E-state index in [-0.39, 0.29) is 18.2 Å². The van der Waals surface area contributed by atoms with Crippen LogP contribution in [-0.2, 0) is 22.4 Å². The summed E-state index contributed by atoms with van der Waals surface area (Å²) in [5.41, 5.74) is 2.16. The van der Waals surface area contributed by atoms with Crippen LogP contribution < -0.4 is 5.32 Å². The number of aryl methyl sites for hydroxylation is 1. The fraction of sp³-hybridized carbons (Fsp3) is 0.538. The largest absolute Gasteiger partial charge is 0.358 e. The first-order valence-corrected chi connectivity index (χ1v) is 6.56. The second kappa shape index (κ2) is 4.60. The van der Waals surface area contributed by atoms with Crippen LogP contribution in [0.1, 0.15) is 30.5 Å². The molecule has 1 N–H and O–H groups in total. The number of aromatic nitrogens is 2. The van der Waals surface area contributed by atoms with Crippen LogP contribution in [0.2, 0.25) is 0 Å². The topological polar surface area (TPSA) is 75.2 Å². The van der Waals surface area contributed by atoms with Gasteiger partial charge in [-0.2, -0.15) is 0 Å². The number of amides is 2. The van der Waals surface area contributed by atoms with Gasteiger partial charge in [-0.05, 0) is 25.7 Å². The molecule has 1 aromatic heterocycles. The van der Waals surface area contributed by atoms with Crippen LogP contribution in [0.25, 0.3) is 0 Å². The molecule has 1 aliphatic carbocycles. The molecule has 1 aliphatic heterocycles. The first-order valence-electron chi connectivity index (χ1n) is 6.56. The van der Waals surface area contributed by atoms with Crippen LogP contribution in [0.3, 0.4) is 0 Å². The Hall–Kier alpha value is -1.98. The quantitative estimate of drug-likeness (QED) is 0.785. The normalized spacial score (nSPS) is 22.6. The Balaban J connectivity index is 1.84. The van der Waals surface area contributed by atoms with E-state index in [1.807, 2.05) is 0 Å². The minimum Gasteiger partial charge on any atom is -0.358 e. The van der Waals surface area contributed by atoms with Gasteiger partial charge in [0, 0.05) is 18.3 Å². The van der Waals surface area contributed by atoms with E-state index in [1.54, 1.807) is 0 Å². The van der Waals surface area contributed by atoms with Crippen molar-refractivity contribution < 1.29 is 9.59 Å². The number of imide groups is 1. The van der Waals surface area contributed by atoms with E-state index < -0.39 is 6.04 Å². The monoisotopic (exact) mass is 260 g/mol. The van der Waals surface area contributed by atoms with Crippen molar-refractivity contribution in [3.05, 3.63) is 17.6 Å². The minimum atomic E-state index is -0.488. The van der Waals surface area contributed by atoms with Crippen LogP contribution in [0.15, 0.2) is 6.33 Å². The van der Waals surface area contributed by atoms with E-state index in [1.165, 1.54) is 18.3 Å². The number of likely N-dealkylation sites (N-methyl/N-ethyl adjacent to an activating group) is 1. The molecule has 1 saturated heterocycles. The van der Waals surface area contributed by atoms with Crippen LogP contribution >= 0.6 is 0 Å². The van der Waals surface area contributed by atoms with Crippen molar-refractivity contribution in [1.29, 1.82) is 0 Å². The molecule has 0 aromatic carbocycles. The molecule has 0 bridgehead atoms. The zero-order chi connectivity index (χ0) is 13.4. The van der Waals surface area contributed by atoms with Crippen LogP contribution in [0, 0.1) is 0 Å². The van der Waals surface area contributed by atoms with Gasteiger partial charge < -0.3 is 5.32 Å². The first-order chi connectivity index (χ1) is 9.16. The third kappa shape index (κ3) is 2.07. The Bertz CT molecular complexity index is 543. The molecule has 100 valence electrons. The van der Waals surface area contributed by atoms with Crippen LogP contribution in [0.4, 0.5) is 5.82 Å². The Morgan fingerprint density at radius 1 is 1.26 bits per heavy atom. The number of carbonyl (C=O) groups excluding carboxylic acids is 2. The first kappa shape index (κ1) is 12.1. The summed E-state index contributed by atoms with van der Waals surface area (Å²) < 4.78 is 0. The number of fused-ring (bicyclic) bond motifs is 1.